The molecule has 0 saturated heterocycles. The Bertz CT molecular complexity index is 268. The van der Waals surface area contributed by atoms with Crippen molar-refractivity contribution in [3.8, 4) is 0 Å². The van der Waals surface area contributed by atoms with Crippen LogP contribution in [0.15, 0.2) is 11.6 Å². The van der Waals surface area contributed by atoms with Gasteiger partial charge in [0.15, 0.2) is 0 Å². The Morgan fingerprint density at radius 1 is 1.19 bits per heavy atom. The third-order valence-electron chi connectivity index (χ3n) is 3.74. The molecule has 1 unspecified atom stereocenters. The fraction of sp³-hybridized carbons (Fsp3) is 0.786. The van der Waals surface area contributed by atoms with Gasteiger partial charge < -0.3 is 0 Å². The summed E-state index contributed by atoms with van der Waals surface area (Å²) in [6, 6.07) is 0. The summed E-state index contributed by atoms with van der Waals surface area (Å²) in [5.74, 6) is 0. The van der Waals surface area contributed by atoms with Crippen molar-refractivity contribution in [3.05, 3.63) is 17.1 Å². The third kappa shape index (κ3) is 3.89. The molecule has 0 aromatic carbocycles. The lowest BCUT2D eigenvalue weighted by molar-refractivity contribution is 0.395. The third-order valence-corrected chi connectivity index (χ3v) is 4.33. The molecule has 0 spiro atoms. The predicted octanol–water partition coefficient (Wildman–Crippen LogP) is 5.17. The molecule has 92 valence electrons. The van der Waals surface area contributed by atoms with E-state index < -0.39 is 0 Å². The summed E-state index contributed by atoms with van der Waals surface area (Å²) in [7, 11) is 0. The van der Waals surface area contributed by atoms with Gasteiger partial charge >= 0.3 is 0 Å². The highest BCUT2D eigenvalue weighted by Gasteiger charge is 2.24. The number of unbranched alkanes of at least 4 members (excludes halogenated alkanes) is 4. The number of nitrogens with zero attached hydrogens (tertiary/aromatic N) is 1. The van der Waals surface area contributed by atoms with Gasteiger partial charge in [-0.05, 0) is 35.4 Å². The zero-order valence-electron chi connectivity index (χ0n) is 11.0. The van der Waals surface area contributed by atoms with Gasteiger partial charge in [-0.25, -0.2) is 4.37 Å². The fourth-order valence-electron chi connectivity index (χ4n) is 2.15. The molecule has 1 nitrogen and oxygen atoms in total. The molecular formula is C14H25NS. The molecule has 0 amide bonds. The highest BCUT2D eigenvalue weighted by atomic mass is 32.1. The molecule has 1 rings (SSSR count). The van der Waals surface area contributed by atoms with Crippen molar-refractivity contribution in [2.75, 3.05) is 0 Å². The minimum absolute atomic E-state index is 0.360. The van der Waals surface area contributed by atoms with E-state index in [1.807, 2.05) is 0 Å². The first kappa shape index (κ1) is 13.7. The molecule has 1 atom stereocenters. The maximum absolute atomic E-state index is 4.24. The van der Waals surface area contributed by atoms with Crippen molar-refractivity contribution < 1.29 is 0 Å². The van der Waals surface area contributed by atoms with Gasteiger partial charge in [-0.1, -0.05) is 52.9 Å². The molecule has 0 aliphatic heterocycles. The fourth-order valence-corrected chi connectivity index (χ4v) is 2.84. The Morgan fingerprint density at radius 3 is 2.50 bits per heavy atom. The van der Waals surface area contributed by atoms with E-state index in [9.17, 15) is 0 Å². The second kappa shape index (κ2) is 7.05. The molecule has 1 heterocycles. The molecule has 0 bridgehead atoms. The lowest BCUT2D eigenvalue weighted by Crippen LogP contribution is -2.19. The summed E-state index contributed by atoms with van der Waals surface area (Å²) in [6.07, 6.45) is 11.5. The number of rotatable bonds is 8. The van der Waals surface area contributed by atoms with Crippen molar-refractivity contribution in [1.82, 2.24) is 4.37 Å². The Hall–Kier alpha value is -0.370. The number of aromatic nitrogens is 1. The van der Waals surface area contributed by atoms with Crippen LogP contribution >= 0.6 is 11.5 Å². The van der Waals surface area contributed by atoms with Crippen LogP contribution in [0.2, 0.25) is 0 Å². The molecule has 0 aliphatic rings. The van der Waals surface area contributed by atoms with E-state index in [2.05, 4.69) is 36.7 Å². The topological polar surface area (TPSA) is 12.9 Å². The van der Waals surface area contributed by atoms with E-state index in [1.54, 1.807) is 11.5 Å². The van der Waals surface area contributed by atoms with Gasteiger partial charge in [-0.3, -0.25) is 0 Å². The summed E-state index contributed by atoms with van der Waals surface area (Å²) in [5, 5.41) is 2.22. The number of hydrogen-bond acceptors (Lipinski definition) is 2. The Morgan fingerprint density at radius 2 is 1.94 bits per heavy atom. The van der Waals surface area contributed by atoms with Crippen molar-refractivity contribution in [3.63, 3.8) is 0 Å². The van der Waals surface area contributed by atoms with E-state index >= 15 is 0 Å². The summed E-state index contributed by atoms with van der Waals surface area (Å²) in [5.41, 5.74) is 1.80. The van der Waals surface area contributed by atoms with Crippen molar-refractivity contribution in [1.29, 1.82) is 0 Å². The quantitative estimate of drug-likeness (QED) is 0.570. The Labute approximate surface area is 104 Å². The highest BCUT2D eigenvalue weighted by molar-refractivity contribution is 7.03. The lowest BCUT2D eigenvalue weighted by Gasteiger charge is -2.27. The Kier molecular flexibility index (Phi) is 6.04. The van der Waals surface area contributed by atoms with Crippen LogP contribution in [0, 0.1) is 0 Å². The van der Waals surface area contributed by atoms with Crippen molar-refractivity contribution in [2.45, 2.75) is 71.1 Å². The van der Waals surface area contributed by atoms with Crippen molar-refractivity contribution >= 4 is 11.5 Å². The monoisotopic (exact) mass is 239 g/mol. The van der Waals surface area contributed by atoms with Gasteiger partial charge in [-0.2, -0.15) is 0 Å². The smallest absolute Gasteiger partial charge is 0.0444 e. The second-order valence-corrected chi connectivity index (χ2v) is 5.65. The molecule has 0 N–H and O–H groups in total. The molecule has 2 heteroatoms. The van der Waals surface area contributed by atoms with Gasteiger partial charge in [0.2, 0.25) is 0 Å². The van der Waals surface area contributed by atoms with Crippen LogP contribution in [0.3, 0.4) is 0 Å². The summed E-state index contributed by atoms with van der Waals surface area (Å²) in [6.45, 7) is 6.95. The van der Waals surface area contributed by atoms with Crippen LogP contribution in [-0.4, -0.2) is 4.37 Å². The van der Waals surface area contributed by atoms with Gasteiger partial charge in [0.05, 0.1) is 0 Å². The molecule has 0 aliphatic carbocycles. The normalized spacial score (nSPS) is 14.9. The maximum atomic E-state index is 4.24. The molecule has 1 aromatic heterocycles. The van der Waals surface area contributed by atoms with Crippen LogP contribution < -0.4 is 0 Å². The van der Waals surface area contributed by atoms with Crippen LogP contribution in [0.5, 0.6) is 0 Å². The second-order valence-electron chi connectivity index (χ2n) is 4.99. The van der Waals surface area contributed by atoms with Gasteiger partial charge in [0, 0.05) is 11.6 Å². The van der Waals surface area contributed by atoms with E-state index in [1.165, 1.54) is 50.5 Å². The van der Waals surface area contributed by atoms with Crippen LogP contribution in [-0.2, 0) is 5.41 Å². The first-order valence-corrected chi connectivity index (χ1v) is 7.46. The minimum atomic E-state index is 0.360. The van der Waals surface area contributed by atoms with E-state index in [4.69, 9.17) is 0 Å². The number of hydrogen-bond donors (Lipinski definition) is 0. The summed E-state index contributed by atoms with van der Waals surface area (Å²) in [4.78, 5) is 0. The Balaban J connectivity index is 2.36. The van der Waals surface area contributed by atoms with Gasteiger partial charge in [0.1, 0.15) is 0 Å². The van der Waals surface area contributed by atoms with E-state index in [-0.39, 0.29) is 0 Å². The van der Waals surface area contributed by atoms with Crippen molar-refractivity contribution in [2.24, 2.45) is 0 Å². The van der Waals surface area contributed by atoms with Crippen LogP contribution in [0.4, 0.5) is 0 Å². The predicted molar refractivity (Wildman–Crippen MR) is 73.1 cm³/mol. The minimum Gasteiger partial charge on any atom is -0.201 e. The first-order chi connectivity index (χ1) is 7.73. The molecular weight excluding hydrogens is 214 g/mol. The SMILES string of the molecule is CCCCCCCC(C)(CC)c1cnsc1. The van der Waals surface area contributed by atoms with Gasteiger partial charge in [-0.15, -0.1) is 0 Å². The first-order valence-electron chi connectivity index (χ1n) is 6.63. The largest absolute Gasteiger partial charge is 0.201 e. The summed E-state index contributed by atoms with van der Waals surface area (Å²) >= 11 is 1.58. The molecule has 0 saturated carbocycles. The average Bonchev–Trinajstić information content (AvgIpc) is 2.82. The van der Waals surface area contributed by atoms with Crippen LogP contribution in [0.25, 0.3) is 0 Å². The summed E-state index contributed by atoms with van der Waals surface area (Å²) < 4.78 is 4.24. The van der Waals surface area contributed by atoms with E-state index in [0.29, 0.717) is 5.41 Å². The van der Waals surface area contributed by atoms with E-state index in [0.717, 1.165) is 0 Å². The average molecular weight is 239 g/mol. The zero-order chi connectivity index (χ0) is 11.9. The maximum Gasteiger partial charge on any atom is 0.0444 e. The molecule has 0 radical (unpaired) electrons. The zero-order valence-corrected chi connectivity index (χ0v) is 11.8. The van der Waals surface area contributed by atoms with Gasteiger partial charge in [0.25, 0.3) is 0 Å². The molecule has 0 fully saturated rings. The molecule has 16 heavy (non-hydrogen) atoms. The van der Waals surface area contributed by atoms with Crippen LogP contribution in [0.1, 0.15) is 71.3 Å². The highest BCUT2D eigenvalue weighted by Crippen LogP contribution is 2.33. The lowest BCUT2D eigenvalue weighted by atomic mass is 9.77. The molecule has 1 aromatic rings. The standard InChI is InChI=1S/C14H25NS/c1-4-6-7-8-9-10-14(3,5-2)13-11-15-16-12-13/h11-12H,4-10H2,1-3H3.